The zero-order chi connectivity index (χ0) is 26.7. The lowest BCUT2D eigenvalue weighted by Crippen LogP contribution is -2.31. The van der Waals surface area contributed by atoms with E-state index in [1.807, 2.05) is 6.92 Å². The van der Waals surface area contributed by atoms with Gasteiger partial charge in [-0.05, 0) is 55.0 Å². The molecule has 0 aliphatic carbocycles. The molecule has 3 aromatic carbocycles. The van der Waals surface area contributed by atoms with Crippen LogP contribution in [-0.4, -0.2) is 37.9 Å². The molecule has 0 aliphatic heterocycles. The van der Waals surface area contributed by atoms with Crippen LogP contribution in [-0.2, 0) is 20.5 Å². The van der Waals surface area contributed by atoms with Gasteiger partial charge in [0, 0.05) is 0 Å². The summed E-state index contributed by atoms with van der Waals surface area (Å²) in [7, 11) is 0. The van der Waals surface area contributed by atoms with Crippen molar-refractivity contribution in [3.8, 4) is 11.5 Å². The molecule has 0 fully saturated rings. The Bertz CT molecular complexity index is 1200. The number of ether oxygens (including phenoxy) is 3. The van der Waals surface area contributed by atoms with E-state index in [0.717, 1.165) is 17.1 Å². The van der Waals surface area contributed by atoms with E-state index in [1.165, 1.54) is 18.3 Å². The number of halogens is 3. The van der Waals surface area contributed by atoms with Gasteiger partial charge >= 0.3 is 12.1 Å². The summed E-state index contributed by atoms with van der Waals surface area (Å²) in [6.07, 6.45) is -3.42. The zero-order valence-corrected chi connectivity index (χ0v) is 20.0. The largest absolute Gasteiger partial charge is 0.494 e. The Hall–Kier alpha value is -4.34. The topological polar surface area (TPSA) is 77.4 Å². The molecular weight excluding hydrogens is 489 g/mol. The van der Waals surface area contributed by atoms with Gasteiger partial charge in [0.1, 0.15) is 11.5 Å². The molecule has 0 saturated carbocycles. The number of carbonyl (C=O) groups excluding carboxylic acids is 2. The van der Waals surface area contributed by atoms with Crippen molar-refractivity contribution in [3.63, 3.8) is 0 Å². The van der Waals surface area contributed by atoms with E-state index in [9.17, 15) is 22.8 Å². The van der Waals surface area contributed by atoms with Crippen molar-refractivity contribution >= 4 is 23.8 Å². The average molecular weight is 515 g/mol. The first-order valence-corrected chi connectivity index (χ1v) is 11.4. The molecule has 0 aliphatic rings. The van der Waals surface area contributed by atoms with Gasteiger partial charge in [-0.25, -0.2) is 0 Å². The molecule has 0 atom stereocenters. The van der Waals surface area contributed by atoms with Crippen LogP contribution in [0.4, 0.5) is 18.9 Å². The van der Waals surface area contributed by atoms with Crippen molar-refractivity contribution in [1.29, 1.82) is 0 Å². The minimum atomic E-state index is -4.61. The van der Waals surface area contributed by atoms with Gasteiger partial charge in [-0.1, -0.05) is 36.4 Å². The van der Waals surface area contributed by atoms with Gasteiger partial charge in [0.05, 0.1) is 37.1 Å². The minimum Gasteiger partial charge on any atom is -0.494 e. The number of amides is 1. The second-order valence-electron chi connectivity index (χ2n) is 7.57. The molecule has 37 heavy (non-hydrogen) atoms. The highest BCUT2D eigenvalue weighted by molar-refractivity contribution is 5.96. The first-order chi connectivity index (χ1) is 17.8. The predicted molar refractivity (Wildman–Crippen MR) is 132 cm³/mol. The standard InChI is InChI=1S/C27H25F3N2O5/c1-2-35-23-11-13-24(14-12-23)36-16-15-26(34)37-19-25(33)32(31-18-20-7-4-3-5-8-20)22-10-6-9-21(17-22)27(28,29)30/h3-14,17-18H,2,15-16,19H2,1H3/b31-18+. The molecule has 0 unspecified atom stereocenters. The normalized spacial score (nSPS) is 11.2. The molecule has 0 spiro atoms. The fourth-order valence-electron chi connectivity index (χ4n) is 3.08. The highest BCUT2D eigenvalue weighted by atomic mass is 19.4. The van der Waals surface area contributed by atoms with Crippen LogP contribution in [0.15, 0.2) is 84.0 Å². The minimum absolute atomic E-state index is 0.00447. The van der Waals surface area contributed by atoms with E-state index in [4.69, 9.17) is 14.2 Å². The molecule has 10 heteroatoms. The van der Waals surface area contributed by atoms with Crippen LogP contribution >= 0.6 is 0 Å². The first-order valence-electron chi connectivity index (χ1n) is 11.4. The summed E-state index contributed by atoms with van der Waals surface area (Å²) < 4.78 is 55.5. The van der Waals surface area contributed by atoms with Crippen LogP contribution in [0, 0.1) is 0 Å². The van der Waals surface area contributed by atoms with Crippen molar-refractivity contribution in [2.75, 3.05) is 24.8 Å². The Balaban J connectivity index is 1.61. The van der Waals surface area contributed by atoms with E-state index >= 15 is 0 Å². The molecule has 0 saturated heterocycles. The molecule has 0 heterocycles. The number of hydrazone groups is 1. The number of esters is 1. The number of anilines is 1. The molecule has 3 aromatic rings. The van der Waals surface area contributed by atoms with Gasteiger partial charge in [0.2, 0.25) is 0 Å². The third-order valence-electron chi connectivity index (χ3n) is 4.84. The second kappa shape index (κ2) is 13.1. The van der Waals surface area contributed by atoms with Gasteiger partial charge in [0.15, 0.2) is 6.61 Å². The molecule has 7 nitrogen and oxygen atoms in total. The number of nitrogens with zero attached hydrogens (tertiary/aromatic N) is 2. The van der Waals surface area contributed by atoms with Crippen molar-refractivity contribution in [1.82, 2.24) is 0 Å². The molecule has 0 bridgehead atoms. The molecule has 0 N–H and O–H groups in total. The summed E-state index contributed by atoms with van der Waals surface area (Å²) in [6.45, 7) is 1.69. The van der Waals surface area contributed by atoms with Crippen LogP contribution < -0.4 is 14.5 Å². The van der Waals surface area contributed by atoms with Gasteiger partial charge in [-0.15, -0.1) is 0 Å². The summed E-state index contributed by atoms with van der Waals surface area (Å²) >= 11 is 0. The lowest BCUT2D eigenvalue weighted by Gasteiger charge is -2.18. The van der Waals surface area contributed by atoms with E-state index in [0.29, 0.717) is 23.7 Å². The second-order valence-corrected chi connectivity index (χ2v) is 7.57. The first kappa shape index (κ1) is 27.3. The molecule has 194 valence electrons. The monoisotopic (exact) mass is 514 g/mol. The quantitative estimate of drug-likeness (QED) is 0.192. The number of benzene rings is 3. The number of rotatable bonds is 11. The lowest BCUT2D eigenvalue weighted by molar-refractivity contribution is -0.148. The fraction of sp³-hybridized carbons (Fsp3) is 0.222. The van der Waals surface area contributed by atoms with Crippen molar-refractivity contribution in [2.45, 2.75) is 19.5 Å². The summed E-state index contributed by atoms with van der Waals surface area (Å²) in [5.74, 6) is -0.325. The summed E-state index contributed by atoms with van der Waals surface area (Å²) in [6, 6.07) is 19.7. The van der Waals surface area contributed by atoms with Crippen molar-refractivity contribution in [2.24, 2.45) is 5.10 Å². The van der Waals surface area contributed by atoms with Gasteiger partial charge in [-0.2, -0.15) is 23.3 Å². The van der Waals surface area contributed by atoms with E-state index in [1.54, 1.807) is 54.6 Å². The summed E-state index contributed by atoms with van der Waals surface area (Å²) in [4.78, 5) is 24.9. The molecular formula is C27H25F3N2O5. The Morgan fingerprint density at radius 2 is 1.59 bits per heavy atom. The van der Waals surface area contributed by atoms with Crippen molar-refractivity contribution in [3.05, 3.63) is 90.0 Å². The van der Waals surface area contributed by atoms with Crippen molar-refractivity contribution < 1.29 is 37.0 Å². The molecule has 0 aromatic heterocycles. The third-order valence-corrected chi connectivity index (χ3v) is 4.84. The third kappa shape index (κ3) is 8.68. The van der Waals surface area contributed by atoms with Crippen LogP contribution in [0.5, 0.6) is 11.5 Å². The van der Waals surface area contributed by atoms with Gasteiger partial charge in [0.25, 0.3) is 5.91 Å². The Kier molecular flexibility index (Phi) is 9.65. The molecule has 1 amide bonds. The highest BCUT2D eigenvalue weighted by Gasteiger charge is 2.31. The number of hydrogen-bond donors (Lipinski definition) is 0. The van der Waals surface area contributed by atoms with Crippen LogP contribution in [0.2, 0.25) is 0 Å². The molecule has 3 rings (SSSR count). The number of hydrogen-bond acceptors (Lipinski definition) is 6. The summed E-state index contributed by atoms with van der Waals surface area (Å²) in [5, 5.41) is 4.82. The van der Waals surface area contributed by atoms with Gasteiger partial charge in [-0.3, -0.25) is 9.59 Å². The highest BCUT2D eigenvalue weighted by Crippen LogP contribution is 2.31. The Morgan fingerprint density at radius 3 is 2.24 bits per heavy atom. The zero-order valence-electron chi connectivity index (χ0n) is 20.0. The number of alkyl halides is 3. The maximum atomic E-state index is 13.2. The van der Waals surface area contributed by atoms with Crippen LogP contribution in [0.3, 0.4) is 0 Å². The van der Waals surface area contributed by atoms with Crippen LogP contribution in [0.25, 0.3) is 0 Å². The van der Waals surface area contributed by atoms with Crippen LogP contribution in [0.1, 0.15) is 24.5 Å². The number of carbonyl (C=O) groups is 2. The smallest absolute Gasteiger partial charge is 0.416 e. The maximum Gasteiger partial charge on any atom is 0.416 e. The fourth-order valence-corrected chi connectivity index (χ4v) is 3.08. The van der Waals surface area contributed by atoms with E-state index < -0.39 is 30.2 Å². The summed E-state index contributed by atoms with van der Waals surface area (Å²) in [5.41, 5.74) is -0.446. The van der Waals surface area contributed by atoms with E-state index in [-0.39, 0.29) is 18.7 Å². The predicted octanol–water partition coefficient (Wildman–Crippen LogP) is 5.48. The average Bonchev–Trinajstić information content (AvgIpc) is 2.89. The SMILES string of the molecule is CCOc1ccc(OCCC(=O)OCC(=O)N(/N=C/c2ccccc2)c2cccc(C(F)(F)F)c2)cc1. The Morgan fingerprint density at radius 1 is 0.919 bits per heavy atom. The molecule has 0 radical (unpaired) electrons. The maximum absolute atomic E-state index is 13.2. The van der Waals surface area contributed by atoms with E-state index in [2.05, 4.69) is 5.10 Å². The van der Waals surface area contributed by atoms with Gasteiger partial charge < -0.3 is 14.2 Å². The Labute approximate surface area is 212 Å². The lowest BCUT2D eigenvalue weighted by atomic mass is 10.2.